The van der Waals surface area contributed by atoms with Gasteiger partial charge in [-0.15, -0.1) is 0 Å². The van der Waals surface area contributed by atoms with E-state index in [0.717, 1.165) is 31.8 Å². The summed E-state index contributed by atoms with van der Waals surface area (Å²) in [5, 5.41) is 0. The summed E-state index contributed by atoms with van der Waals surface area (Å²) in [5.74, 6) is 1.95. The van der Waals surface area contributed by atoms with E-state index in [4.69, 9.17) is 4.74 Å². The lowest BCUT2D eigenvalue weighted by Gasteiger charge is -2.22. The lowest BCUT2D eigenvalue weighted by molar-refractivity contribution is 0.134. The summed E-state index contributed by atoms with van der Waals surface area (Å²) in [6, 6.07) is 8.98. The van der Waals surface area contributed by atoms with Crippen LogP contribution in [0.4, 0.5) is 0 Å². The number of hydrogen-bond acceptors (Lipinski definition) is 1. The predicted molar refractivity (Wildman–Crippen MR) is 81.2 cm³/mol. The topological polar surface area (TPSA) is 9.23 Å². The van der Waals surface area contributed by atoms with Gasteiger partial charge in [-0.1, -0.05) is 44.5 Å². The van der Waals surface area contributed by atoms with Gasteiger partial charge in [0.25, 0.3) is 0 Å². The summed E-state index contributed by atoms with van der Waals surface area (Å²) in [4.78, 5) is 0. The minimum Gasteiger partial charge on any atom is -0.498 e. The fourth-order valence-corrected chi connectivity index (χ4v) is 2.64. The van der Waals surface area contributed by atoms with Crippen LogP contribution in [0.3, 0.4) is 0 Å². The number of aryl methyl sites for hydroxylation is 2. The summed E-state index contributed by atoms with van der Waals surface area (Å²) in [6.07, 6.45) is 9.33. The van der Waals surface area contributed by atoms with Crippen LogP contribution in [-0.2, 0) is 17.6 Å². The quantitative estimate of drug-likeness (QED) is 0.705. The molecule has 104 valence electrons. The predicted octanol–water partition coefficient (Wildman–Crippen LogP) is 4.90. The first kappa shape index (κ1) is 14.2. The van der Waals surface area contributed by atoms with E-state index in [9.17, 15) is 0 Å². The zero-order chi connectivity index (χ0) is 13.5. The third-order valence-corrected chi connectivity index (χ3v) is 3.97. The van der Waals surface area contributed by atoms with Crippen LogP contribution in [0.2, 0.25) is 0 Å². The fourth-order valence-electron chi connectivity index (χ4n) is 2.64. The number of hydrogen-bond donors (Lipinski definition) is 0. The van der Waals surface area contributed by atoms with Gasteiger partial charge in [-0.2, -0.15) is 0 Å². The summed E-state index contributed by atoms with van der Waals surface area (Å²) in [7, 11) is 0. The molecule has 0 fully saturated rings. The Labute approximate surface area is 117 Å². The van der Waals surface area contributed by atoms with Crippen molar-refractivity contribution in [1.29, 1.82) is 0 Å². The second-order valence-corrected chi connectivity index (χ2v) is 5.54. The highest BCUT2D eigenvalue weighted by Crippen LogP contribution is 2.23. The van der Waals surface area contributed by atoms with Gasteiger partial charge in [0.15, 0.2) is 0 Å². The minimum atomic E-state index is 0.748. The lowest BCUT2D eigenvalue weighted by Crippen LogP contribution is -2.14. The van der Waals surface area contributed by atoms with Crippen LogP contribution >= 0.6 is 0 Å². The highest BCUT2D eigenvalue weighted by atomic mass is 16.5. The molecule has 0 aromatic heterocycles. The van der Waals surface area contributed by atoms with E-state index < -0.39 is 0 Å². The van der Waals surface area contributed by atoms with Crippen LogP contribution in [0.1, 0.15) is 50.7 Å². The molecule has 0 spiro atoms. The van der Waals surface area contributed by atoms with E-state index in [0.29, 0.717) is 0 Å². The maximum atomic E-state index is 5.87. The fraction of sp³-hybridized carbons (Fsp3) is 0.556. The molecular formula is C18H26O. The zero-order valence-electron chi connectivity index (χ0n) is 12.3. The Morgan fingerprint density at radius 3 is 2.37 bits per heavy atom. The van der Waals surface area contributed by atoms with Gasteiger partial charge in [-0.3, -0.25) is 0 Å². The largest absolute Gasteiger partial charge is 0.498 e. The molecule has 1 aliphatic rings. The summed E-state index contributed by atoms with van der Waals surface area (Å²) < 4.78 is 5.87. The summed E-state index contributed by atoms with van der Waals surface area (Å²) in [6.45, 7) is 5.37. The van der Waals surface area contributed by atoms with E-state index in [1.165, 1.54) is 36.1 Å². The number of allylic oxidation sites excluding steroid dienone is 2. The summed E-state index contributed by atoms with van der Waals surface area (Å²) >= 11 is 0. The molecule has 19 heavy (non-hydrogen) atoms. The minimum absolute atomic E-state index is 0.748. The number of benzene rings is 1. The van der Waals surface area contributed by atoms with E-state index in [1.807, 2.05) is 0 Å². The van der Waals surface area contributed by atoms with E-state index >= 15 is 0 Å². The molecule has 0 saturated heterocycles. The Hall–Kier alpha value is -1.24. The van der Waals surface area contributed by atoms with Crippen molar-refractivity contribution in [1.82, 2.24) is 0 Å². The smallest absolute Gasteiger partial charge is 0.0923 e. The third-order valence-electron chi connectivity index (χ3n) is 3.97. The van der Waals surface area contributed by atoms with Crippen molar-refractivity contribution >= 4 is 0 Å². The van der Waals surface area contributed by atoms with Crippen molar-refractivity contribution in [2.24, 2.45) is 5.92 Å². The van der Waals surface area contributed by atoms with E-state index in [1.54, 1.807) is 0 Å². The van der Waals surface area contributed by atoms with Gasteiger partial charge in [0.2, 0.25) is 0 Å². The Morgan fingerprint density at radius 1 is 1.05 bits per heavy atom. The maximum Gasteiger partial charge on any atom is 0.0923 e. The van der Waals surface area contributed by atoms with Gasteiger partial charge in [0.05, 0.1) is 12.4 Å². The summed E-state index contributed by atoms with van der Waals surface area (Å²) in [5.41, 5.74) is 2.83. The lowest BCUT2D eigenvalue weighted by atomic mass is 9.97. The molecule has 1 aliphatic heterocycles. The van der Waals surface area contributed by atoms with Crippen molar-refractivity contribution in [3.63, 3.8) is 0 Å². The number of rotatable bonds is 6. The second kappa shape index (κ2) is 7.37. The SMILES string of the molecule is CCCC1CC=C(CCc2ccc(CC)cc2)OC1. The Morgan fingerprint density at radius 2 is 1.79 bits per heavy atom. The first-order valence-electron chi connectivity index (χ1n) is 7.71. The molecule has 1 unspecified atom stereocenters. The first-order chi connectivity index (χ1) is 9.31. The maximum absolute atomic E-state index is 5.87. The molecule has 0 N–H and O–H groups in total. The van der Waals surface area contributed by atoms with Crippen LogP contribution in [0.25, 0.3) is 0 Å². The molecule has 0 saturated carbocycles. The Kier molecular flexibility index (Phi) is 5.50. The second-order valence-electron chi connectivity index (χ2n) is 5.54. The first-order valence-corrected chi connectivity index (χ1v) is 7.71. The van der Waals surface area contributed by atoms with Gasteiger partial charge in [0, 0.05) is 6.42 Å². The van der Waals surface area contributed by atoms with Crippen molar-refractivity contribution in [2.45, 2.75) is 52.4 Å². The highest BCUT2D eigenvalue weighted by molar-refractivity contribution is 5.23. The molecule has 1 heteroatoms. The molecule has 0 amide bonds. The standard InChI is InChI=1S/C18H26O/c1-3-5-17-11-13-18(19-14-17)12-10-16-8-6-15(4-2)7-9-16/h6-9,13,17H,3-5,10-12,14H2,1-2H3. The molecule has 1 aromatic rings. The Balaban J connectivity index is 1.79. The van der Waals surface area contributed by atoms with Gasteiger partial charge < -0.3 is 4.74 Å². The Bertz CT molecular complexity index is 402. The van der Waals surface area contributed by atoms with E-state index in [2.05, 4.69) is 44.2 Å². The van der Waals surface area contributed by atoms with Crippen molar-refractivity contribution < 1.29 is 4.74 Å². The molecule has 2 rings (SSSR count). The van der Waals surface area contributed by atoms with Gasteiger partial charge in [-0.05, 0) is 48.8 Å². The molecule has 1 atom stereocenters. The van der Waals surface area contributed by atoms with Crippen LogP contribution in [0, 0.1) is 5.92 Å². The van der Waals surface area contributed by atoms with Crippen LogP contribution in [-0.4, -0.2) is 6.61 Å². The third kappa shape index (κ3) is 4.41. The van der Waals surface area contributed by atoms with E-state index in [-0.39, 0.29) is 0 Å². The van der Waals surface area contributed by atoms with Crippen molar-refractivity contribution in [3.05, 3.63) is 47.2 Å². The van der Waals surface area contributed by atoms with Crippen LogP contribution < -0.4 is 0 Å². The molecule has 0 aliphatic carbocycles. The van der Waals surface area contributed by atoms with Gasteiger partial charge in [0.1, 0.15) is 0 Å². The normalized spacial score (nSPS) is 18.8. The molecular weight excluding hydrogens is 232 g/mol. The molecule has 0 bridgehead atoms. The van der Waals surface area contributed by atoms with Crippen LogP contribution in [0.5, 0.6) is 0 Å². The average molecular weight is 258 g/mol. The van der Waals surface area contributed by atoms with Crippen molar-refractivity contribution in [2.75, 3.05) is 6.61 Å². The zero-order valence-corrected chi connectivity index (χ0v) is 12.3. The van der Waals surface area contributed by atoms with Gasteiger partial charge >= 0.3 is 0 Å². The molecule has 0 radical (unpaired) electrons. The number of ether oxygens (including phenoxy) is 1. The van der Waals surface area contributed by atoms with Crippen molar-refractivity contribution in [3.8, 4) is 0 Å². The monoisotopic (exact) mass is 258 g/mol. The average Bonchev–Trinajstić information content (AvgIpc) is 2.47. The molecule has 1 aromatic carbocycles. The highest BCUT2D eigenvalue weighted by Gasteiger charge is 2.14. The van der Waals surface area contributed by atoms with Crippen LogP contribution in [0.15, 0.2) is 36.1 Å². The molecule has 1 heterocycles. The van der Waals surface area contributed by atoms with Gasteiger partial charge in [-0.25, -0.2) is 0 Å². The molecule has 1 nitrogen and oxygen atoms in total.